The van der Waals surface area contributed by atoms with E-state index in [0.717, 1.165) is 18.8 Å². The minimum atomic E-state index is -0.547. The molecule has 1 saturated heterocycles. The van der Waals surface area contributed by atoms with Gasteiger partial charge in [0.05, 0.1) is 0 Å². The van der Waals surface area contributed by atoms with Crippen LogP contribution in [0.3, 0.4) is 0 Å². The van der Waals surface area contributed by atoms with Crippen LogP contribution in [0.25, 0.3) is 0 Å². The summed E-state index contributed by atoms with van der Waals surface area (Å²) in [6.07, 6.45) is 0. The summed E-state index contributed by atoms with van der Waals surface area (Å²) in [6.45, 7) is 4.04. The third kappa shape index (κ3) is 1.85. The molecule has 2 unspecified atom stereocenters. The van der Waals surface area contributed by atoms with Gasteiger partial charge in [-0.1, -0.05) is 0 Å². The molecule has 1 rings (SSSR count). The molecule has 0 spiro atoms. The third-order valence-electron chi connectivity index (χ3n) is 1.69. The molecule has 1 heterocycles. The number of hydrogen-bond acceptors (Lipinski definition) is 2. The molecule has 0 saturated carbocycles. The second-order valence-corrected chi connectivity index (χ2v) is 4.63. The maximum Gasteiger partial charge on any atom is 0.125 e. The first-order valence-corrected chi connectivity index (χ1v) is 4.64. The van der Waals surface area contributed by atoms with Crippen molar-refractivity contribution in [2.75, 3.05) is 25.9 Å². The summed E-state index contributed by atoms with van der Waals surface area (Å²) in [4.78, 5) is 2.23. The van der Waals surface area contributed by atoms with Gasteiger partial charge in [0.2, 0.25) is 0 Å². The zero-order valence-corrected chi connectivity index (χ0v) is 6.78. The highest BCUT2D eigenvalue weighted by atomic mass is 32.2. The largest absolute Gasteiger partial charge is 0.616 e. The van der Waals surface area contributed by atoms with Gasteiger partial charge in [-0.2, -0.15) is 0 Å². The van der Waals surface area contributed by atoms with Crippen molar-refractivity contribution in [3.8, 4) is 0 Å². The molecule has 1 aliphatic heterocycles. The fraction of sp³-hybridized carbons (Fsp3) is 1.00. The van der Waals surface area contributed by atoms with Gasteiger partial charge in [-0.25, -0.2) is 0 Å². The van der Waals surface area contributed by atoms with Gasteiger partial charge < -0.3 is 4.55 Å². The molecule has 0 N–H and O–H groups in total. The highest BCUT2D eigenvalue weighted by molar-refractivity contribution is 7.92. The molecule has 0 aromatic carbocycles. The molecule has 2 nitrogen and oxygen atoms in total. The van der Waals surface area contributed by atoms with Gasteiger partial charge in [-0.15, -0.1) is 0 Å². The molecular formula is C6H13NOS. The van der Waals surface area contributed by atoms with E-state index in [1.54, 1.807) is 0 Å². The molecule has 2 atom stereocenters. The van der Waals surface area contributed by atoms with Crippen LogP contribution >= 0.6 is 0 Å². The van der Waals surface area contributed by atoms with E-state index in [0.29, 0.717) is 5.25 Å². The summed E-state index contributed by atoms with van der Waals surface area (Å²) in [7, 11) is 2.08. The first-order chi connectivity index (χ1) is 4.20. The van der Waals surface area contributed by atoms with E-state index in [1.807, 2.05) is 6.92 Å². The summed E-state index contributed by atoms with van der Waals surface area (Å²) in [5.41, 5.74) is 0. The van der Waals surface area contributed by atoms with E-state index in [2.05, 4.69) is 11.9 Å². The van der Waals surface area contributed by atoms with Crippen LogP contribution in [0.15, 0.2) is 0 Å². The Morgan fingerprint density at radius 2 is 2.33 bits per heavy atom. The van der Waals surface area contributed by atoms with E-state index < -0.39 is 11.2 Å². The minimum Gasteiger partial charge on any atom is -0.616 e. The van der Waals surface area contributed by atoms with Crippen LogP contribution < -0.4 is 0 Å². The van der Waals surface area contributed by atoms with Crippen LogP contribution in [-0.2, 0) is 11.2 Å². The lowest BCUT2D eigenvalue weighted by Crippen LogP contribution is -2.43. The molecule has 0 aliphatic carbocycles. The Kier molecular flexibility index (Phi) is 2.38. The van der Waals surface area contributed by atoms with Crippen molar-refractivity contribution >= 4 is 11.2 Å². The normalized spacial score (nSPS) is 39.0. The molecule has 0 aromatic heterocycles. The van der Waals surface area contributed by atoms with Gasteiger partial charge >= 0.3 is 0 Å². The summed E-state index contributed by atoms with van der Waals surface area (Å²) in [5.74, 6) is 0.859. The monoisotopic (exact) mass is 147 g/mol. The molecule has 3 heteroatoms. The second-order valence-electron chi connectivity index (χ2n) is 2.66. The van der Waals surface area contributed by atoms with Gasteiger partial charge in [0.1, 0.15) is 11.0 Å². The summed E-state index contributed by atoms with van der Waals surface area (Å²) in [6, 6.07) is 0. The van der Waals surface area contributed by atoms with E-state index in [9.17, 15) is 4.55 Å². The van der Waals surface area contributed by atoms with Crippen molar-refractivity contribution in [1.29, 1.82) is 0 Å². The fourth-order valence-corrected chi connectivity index (χ4v) is 2.38. The molecule has 0 aromatic rings. The van der Waals surface area contributed by atoms with Gasteiger partial charge in [-0.05, 0) is 25.1 Å². The van der Waals surface area contributed by atoms with Crippen LogP contribution in [0.5, 0.6) is 0 Å². The standard InChI is InChI=1S/C6H13NOS/c1-6-5-7(2)3-4-9(6)8/h6H,3-5H2,1-2H3. The van der Waals surface area contributed by atoms with Crippen molar-refractivity contribution in [1.82, 2.24) is 4.90 Å². The number of hydrogen-bond donors (Lipinski definition) is 0. The fourth-order valence-electron chi connectivity index (χ4n) is 1.06. The Labute approximate surface area is 59.4 Å². The van der Waals surface area contributed by atoms with Crippen LogP contribution in [0.1, 0.15) is 6.92 Å². The molecule has 0 bridgehead atoms. The first kappa shape index (κ1) is 7.38. The maximum absolute atomic E-state index is 11.0. The molecule has 54 valence electrons. The Bertz CT molecular complexity index is 99.1. The number of rotatable bonds is 0. The summed E-state index contributed by atoms with van der Waals surface area (Å²) >= 11 is -0.547. The van der Waals surface area contributed by atoms with Crippen molar-refractivity contribution in [2.24, 2.45) is 0 Å². The van der Waals surface area contributed by atoms with Crippen LogP contribution in [0.4, 0.5) is 0 Å². The molecule has 9 heavy (non-hydrogen) atoms. The van der Waals surface area contributed by atoms with E-state index in [4.69, 9.17) is 0 Å². The molecular weight excluding hydrogens is 134 g/mol. The van der Waals surface area contributed by atoms with Crippen molar-refractivity contribution in [3.63, 3.8) is 0 Å². The zero-order valence-electron chi connectivity index (χ0n) is 5.96. The lowest BCUT2D eigenvalue weighted by molar-refractivity contribution is 0.337. The molecule has 1 fully saturated rings. The minimum absolute atomic E-state index is 0.378. The Hall–Kier alpha value is 0.270. The topological polar surface area (TPSA) is 26.3 Å². The average Bonchev–Trinajstić information content (AvgIpc) is 1.80. The highest BCUT2D eigenvalue weighted by Crippen LogP contribution is 2.09. The van der Waals surface area contributed by atoms with Gasteiger partial charge in [-0.3, -0.25) is 4.90 Å². The van der Waals surface area contributed by atoms with Crippen molar-refractivity contribution in [3.05, 3.63) is 0 Å². The molecule has 0 radical (unpaired) electrons. The quantitative estimate of drug-likeness (QED) is 0.453. The highest BCUT2D eigenvalue weighted by Gasteiger charge is 2.24. The summed E-state index contributed by atoms with van der Waals surface area (Å²) < 4.78 is 11.0. The molecule has 0 amide bonds. The lowest BCUT2D eigenvalue weighted by atomic mass is 10.4. The van der Waals surface area contributed by atoms with Gasteiger partial charge in [0.25, 0.3) is 0 Å². The maximum atomic E-state index is 11.0. The SMILES string of the molecule is CC1CN(C)CC[S+]1[O-]. The van der Waals surface area contributed by atoms with Crippen LogP contribution in [-0.4, -0.2) is 40.6 Å². The lowest BCUT2D eigenvalue weighted by Gasteiger charge is -2.29. The first-order valence-electron chi connectivity index (χ1n) is 3.26. The zero-order chi connectivity index (χ0) is 6.85. The second kappa shape index (κ2) is 2.90. The molecule has 1 aliphatic rings. The van der Waals surface area contributed by atoms with Gasteiger partial charge in [0, 0.05) is 13.1 Å². The van der Waals surface area contributed by atoms with E-state index >= 15 is 0 Å². The van der Waals surface area contributed by atoms with Crippen LogP contribution in [0, 0.1) is 0 Å². The van der Waals surface area contributed by atoms with Crippen LogP contribution in [0.2, 0.25) is 0 Å². The van der Waals surface area contributed by atoms with E-state index in [-0.39, 0.29) is 0 Å². The van der Waals surface area contributed by atoms with Gasteiger partial charge in [0.15, 0.2) is 0 Å². The number of nitrogens with zero attached hydrogens (tertiary/aromatic N) is 1. The Morgan fingerprint density at radius 1 is 1.67 bits per heavy atom. The Morgan fingerprint density at radius 3 is 2.78 bits per heavy atom. The smallest absolute Gasteiger partial charge is 0.125 e. The van der Waals surface area contributed by atoms with Crippen molar-refractivity contribution in [2.45, 2.75) is 12.2 Å². The Balaban J connectivity index is 2.35. The average molecular weight is 147 g/mol. The van der Waals surface area contributed by atoms with Crippen molar-refractivity contribution < 1.29 is 4.55 Å². The predicted octanol–water partition coefficient (Wildman–Crippen LogP) is 0.0690. The predicted molar refractivity (Wildman–Crippen MR) is 40.0 cm³/mol. The third-order valence-corrected chi connectivity index (χ3v) is 3.32. The summed E-state index contributed by atoms with van der Waals surface area (Å²) in [5, 5.41) is 0.378. The van der Waals surface area contributed by atoms with E-state index in [1.165, 1.54) is 0 Å².